The average Bonchev–Trinajstić information content (AvgIpc) is 2.51. The summed E-state index contributed by atoms with van der Waals surface area (Å²) < 4.78 is 1.21. The summed E-state index contributed by atoms with van der Waals surface area (Å²) in [6.45, 7) is 5.16. The molecule has 0 aliphatic carbocycles. The highest BCUT2D eigenvalue weighted by Gasteiger charge is 2.31. The Morgan fingerprint density at radius 1 is 1.53 bits per heavy atom. The first-order valence-electron chi connectivity index (χ1n) is 4.46. The van der Waals surface area contributed by atoms with E-state index >= 15 is 0 Å². The van der Waals surface area contributed by atoms with Crippen LogP contribution in [0.4, 0.5) is 4.79 Å². The maximum atomic E-state index is 11.0. The van der Waals surface area contributed by atoms with E-state index in [1.165, 1.54) is 17.1 Å². The molecule has 6 heteroatoms. The lowest BCUT2D eigenvalue weighted by Crippen LogP contribution is -2.51. The number of nitrogens with zero attached hydrogens (tertiary/aromatic N) is 3. The molecule has 6 nitrogen and oxygen atoms in total. The number of aromatic nitrogens is 2. The molecule has 82 valence electrons. The van der Waals surface area contributed by atoms with Crippen molar-refractivity contribution in [1.82, 2.24) is 14.7 Å². The Morgan fingerprint density at radius 2 is 2.13 bits per heavy atom. The van der Waals surface area contributed by atoms with Gasteiger partial charge < -0.3 is 5.11 Å². The molecule has 15 heavy (non-hydrogen) atoms. The predicted molar refractivity (Wildman–Crippen MR) is 55.0 cm³/mol. The van der Waals surface area contributed by atoms with E-state index in [1.54, 1.807) is 26.8 Å². The van der Waals surface area contributed by atoms with Crippen LogP contribution in [0.15, 0.2) is 18.5 Å². The van der Waals surface area contributed by atoms with Crippen molar-refractivity contribution in [2.75, 3.05) is 0 Å². The highest BCUT2D eigenvalue weighted by Crippen LogP contribution is 2.14. The lowest BCUT2D eigenvalue weighted by atomic mass is 10.1. The maximum Gasteiger partial charge on any atom is 0.414 e. The van der Waals surface area contributed by atoms with Crippen molar-refractivity contribution in [3.05, 3.63) is 18.5 Å². The molecule has 0 spiro atoms. The van der Waals surface area contributed by atoms with Gasteiger partial charge in [0.05, 0.1) is 0 Å². The highest BCUT2D eigenvalue weighted by molar-refractivity contribution is 5.93. The predicted octanol–water partition coefficient (Wildman–Crippen LogP) is 1.44. The van der Waals surface area contributed by atoms with E-state index in [4.69, 9.17) is 10.5 Å². The number of rotatable bonds is 0. The van der Waals surface area contributed by atoms with Gasteiger partial charge in [0, 0.05) is 17.9 Å². The molecule has 1 heterocycles. The second-order valence-corrected chi connectivity index (χ2v) is 4.06. The lowest BCUT2D eigenvalue weighted by Gasteiger charge is -2.32. The monoisotopic (exact) mass is 210 g/mol. The molecule has 0 aliphatic rings. The van der Waals surface area contributed by atoms with E-state index in [0.717, 1.165) is 4.90 Å². The largest absolute Gasteiger partial charge is 0.465 e. The molecule has 0 saturated heterocycles. The normalized spacial score (nSPS) is 11.1. The quantitative estimate of drug-likeness (QED) is 0.502. The Hall–Kier alpha value is -1.85. The van der Waals surface area contributed by atoms with Gasteiger partial charge in [0.15, 0.2) is 0 Å². The fraction of sp³-hybridized carbons (Fsp3) is 0.444. The Labute approximate surface area is 87.6 Å². The third-order valence-corrected chi connectivity index (χ3v) is 1.80. The zero-order valence-corrected chi connectivity index (χ0v) is 8.93. The molecule has 0 radical (unpaired) electrons. The molecule has 1 aromatic rings. The van der Waals surface area contributed by atoms with Crippen LogP contribution in [0, 0.1) is 5.41 Å². The third kappa shape index (κ3) is 2.34. The highest BCUT2D eigenvalue weighted by atomic mass is 16.4. The number of carboxylic acid groups (broad SMARTS) is 1. The lowest BCUT2D eigenvalue weighted by molar-refractivity contribution is 0.138. The van der Waals surface area contributed by atoms with E-state index in [9.17, 15) is 4.79 Å². The van der Waals surface area contributed by atoms with Crippen LogP contribution in [0.3, 0.4) is 0 Å². The molecule has 1 amide bonds. The summed E-state index contributed by atoms with van der Waals surface area (Å²) in [4.78, 5) is 12.0. The zero-order valence-electron chi connectivity index (χ0n) is 8.93. The molecule has 0 aromatic carbocycles. The zero-order chi connectivity index (χ0) is 11.6. The summed E-state index contributed by atoms with van der Waals surface area (Å²) in [7, 11) is 0. The molecular weight excluding hydrogens is 196 g/mol. The topological polar surface area (TPSA) is 82.2 Å². The second kappa shape index (κ2) is 3.72. The standard InChI is InChI=1S/C9H14N4O2/c1-9(2,3)13(8(14)15)7(10)12-6-4-5-11-12/h4-6,10H,1-3H3,(H,14,15). The first-order valence-corrected chi connectivity index (χ1v) is 4.46. The van der Waals surface area contributed by atoms with Crippen molar-refractivity contribution in [2.45, 2.75) is 26.3 Å². The fourth-order valence-electron chi connectivity index (χ4n) is 1.19. The summed E-state index contributed by atoms with van der Waals surface area (Å²) in [5, 5.41) is 20.6. The Bertz CT molecular complexity index is 364. The van der Waals surface area contributed by atoms with Gasteiger partial charge in [0.2, 0.25) is 5.96 Å². The minimum atomic E-state index is -1.16. The molecule has 0 saturated carbocycles. The van der Waals surface area contributed by atoms with Crippen LogP contribution < -0.4 is 0 Å². The van der Waals surface area contributed by atoms with Crippen LogP contribution in [0.25, 0.3) is 0 Å². The van der Waals surface area contributed by atoms with Gasteiger partial charge in [-0.2, -0.15) is 5.10 Å². The minimum Gasteiger partial charge on any atom is -0.465 e. The van der Waals surface area contributed by atoms with E-state index in [1.807, 2.05) is 0 Å². The van der Waals surface area contributed by atoms with Gasteiger partial charge in [-0.1, -0.05) is 0 Å². The summed E-state index contributed by atoms with van der Waals surface area (Å²) in [5.74, 6) is -0.181. The van der Waals surface area contributed by atoms with Gasteiger partial charge in [0.25, 0.3) is 0 Å². The third-order valence-electron chi connectivity index (χ3n) is 1.80. The second-order valence-electron chi connectivity index (χ2n) is 4.06. The summed E-state index contributed by atoms with van der Waals surface area (Å²) >= 11 is 0. The first-order chi connectivity index (χ1) is 6.84. The van der Waals surface area contributed by atoms with Crippen molar-refractivity contribution in [3.8, 4) is 0 Å². The van der Waals surface area contributed by atoms with Crippen molar-refractivity contribution in [3.63, 3.8) is 0 Å². The van der Waals surface area contributed by atoms with Crippen LogP contribution in [-0.2, 0) is 0 Å². The Balaban J connectivity index is 3.02. The van der Waals surface area contributed by atoms with Crippen LogP contribution >= 0.6 is 0 Å². The van der Waals surface area contributed by atoms with Crippen molar-refractivity contribution >= 4 is 12.1 Å². The molecule has 0 bridgehead atoms. The number of hydrogen-bond donors (Lipinski definition) is 2. The number of nitrogens with one attached hydrogen (secondary N) is 1. The van der Waals surface area contributed by atoms with E-state index < -0.39 is 11.6 Å². The smallest absolute Gasteiger partial charge is 0.414 e. The fourth-order valence-corrected chi connectivity index (χ4v) is 1.19. The molecule has 0 atom stereocenters. The van der Waals surface area contributed by atoms with E-state index in [-0.39, 0.29) is 5.96 Å². The number of amides is 1. The van der Waals surface area contributed by atoms with Crippen molar-refractivity contribution in [1.29, 1.82) is 5.41 Å². The molecular formula is C9H14N4O2. The van der Waals surface area contributed by atoms with Gasteiger partial charge in [0.1, 0.15) is 0 Å². The average molecular weight is 210 g/mol. The van der Waals surface area contributed by atoms with Gasteiger partial charge in [-0.3, -0.25) is 5.41 Å². The summed E-state index contributed by atoms with van der Waals surface area (Å²) in [6.07, 6.45) is 1.87. The summed E-state index contributed by atoms with van der Waals surface area (Å²) in [6, 6.07) is 1.64. The van der Waals surface area contributed by atoms with Gasteiger partial charge in [-0.25, -0.2) is 14.4 Å². The van der Waals surface area contributed by atoms with Gasteiger partial charge in [-0.15, -0.1) is 0 Å². The van der Waals surface area contributed by atoms with E-state index in [2.05, 4.69) is 5.10 Å². The first kappa shape index (κ1) is 11.2. The number of carbonyl (C=O) groups is 1. The summed E-state index contributed by atoms with van der Waals surface area (Å²) in [5.41, 5.74) is -0.672. The van der Waals surface area contributed by atoms with Crippen LogP contribution in [0.2, 0.25) is 0 Å². The van der Waals surface area contributed by atoms with Gasteiger partial charge >= 0.3 is 6.09 Å². The van der Waals surface area contributed by atoms with Crippen LogP contribution in [0.5, 0.6) is 0 Å². The molecule has 0 aliphatic heterocycles. The molecule has 0 unspecified atom stereocenters. The molecule has 1 rings (SSSR count). The van der Waals surface area contributed by atoms with Crippen molar-refractivity contribution < 1.29 is 9.90 Å². The van der Waals surface area contributed by atoms with Crippen LogP contribution in [-0.4, -0.2) is 37.4 Å². The van der Waals surface area contributed by atoms with Crippen LogP contribution in [0.1, 0.15) is 20.8 Å². The number of hydrogen-bond acceptors (Lipinski definition) is 3. The molecule has 2 N–H and O–H groups in total. The SMILES string of the molecule is CC(C)(C)N(C(=N)n1cccn1)C(=O)O. The minimum absolute atomic E-state index is 0.181. The maximum absolute atomic E-state index is 11.0. The Kier molecular flexibility index (Phi) is 2.78. The Morgan fingerprint density at radius 3 is 2.47 bits per heavy atom. The van der Waals surface area contributed by atoms with E-state index in [0.29, 0.717) is 0 Å². The van der Waals surface area contributed by atoms with Crippen molar-refractivity contribution in [2.24, 2.45) is 0 Å². The van der Waals surface area contributed by atoms with Gasteiger partial charge in [-0.05, 0) is 26.8 Å². The molecule has 0 fully saturated rings. The molecule has 1 aromatic heterocycles.